The van der Waals surface area contributed by atoms with Crippen LogP contribution < -0.4 is 44.9 Å². The van der Waals surface area contributed by atoms with Crippen molar-refractivity contribution in [1.29, 1.82) is 0 Å². The third-order valence-electron chi connectivity index (χ3n) is 9.43. The average Bonchev–Trinajstić information content (AvgIpc) is 3.87. The number of H-pyrrole nitrogens is 2. The van der Waals surface area contributed by atoms with Gasteiger partial charge in [0.15, 0.2) is 0 Å². The van der Waals surface area contributed by atoms with E-state index in [2.05, 4.69) is 25.6 Å². The van der Waals surface area contributed by atoms with Gasteiger partial charge in [-0.3, -0.25) is 9.59 Å². The van der Waals surface area contributed by atoms with Crippen LogP contribution in [0.2, 0.25) is 15.2 Å². The van der Waals surface area contributed by atoms with Gasteiger partial charge in [0.2, 0.25) is 5.88 Å². The fraction of sp³-hybridized carbons (Fsp3) is 0.0909. The molecule has 286 valence electrons. The molecule has 0 atom stereocenters. The Balaban J connectivity index is 0.000000166. The average molecular weight is 840 g/mol. The summed E-state index contributed by atoms with van der Waals surface area (Å²) in [5.41, 5.74) is 8.68. The molecule has 6 heterocycles. The van der Waals surface area contributed by atoms with Crippen LogP contribution in [0.4, 0.5) is 0 Å². The summed E-state index contributed by atoms with van der Waals surface area (Å²) >= 11 is 17.4. The van der Waals surface area contributed by atoms with Crippen molar-refractivity contribution in [3.8, 4) is 39.9 Å². The van der Waals surface area contributed by atoms with Crippen molar-refractivity contribution in [2.75, 3.05) is 13.1 Å². The van der Waals surface area contributed by atoms with Gasteiger partial charge in [0.05, 0.1) is 22.2 Å². The number of nitrogens with one attached hydrogen (secondary N) is 4. The van der Waals surface area contributed by atoms with Crippen molar-refractivity contribution in [2.24, 2.45) is 0 Å². The zero-order chi connectivity index (χ0) is 39.5. The van der Waals surface area contributed by atoms with E-state index in [1.807, 2.05) is 66.7 Å². The molecule has 0 radical (unpaired) electrons. The molecule has 0 saturated heterocycles. The number of para-hydroxylation sites is 2. The number of carbonyl (C=O) groups is 2. The van der Waals surface area contributed by atoms with E-state index >= 15 is 0 Å². The predicted octanol–water partition coefficient (Wildman–Crippen LogP) is 7.29. The van der Waals surface area contributed by atoms with Gasteiger partial charge in [-0.1, -0.05) is 71.2 Å². The minimum absolute atomic E-state index is 0. The van der Waals surface area contributed by atoms with Gasteiger partial charge in [-0.2, -0.15) is 0 Å². The molecule has 8 aromatic rings. The van der Waals surface area contributed by atoms with Crippen molar-refractivity contribution in [3.63, 3.8) is 0 Å². The van der Waals surface area contributed by atoms with E-state index in [-0.39, 0.29) is 48.5 Å². The number of hydrogen-bond acceptors (Lipinski definition) is 6. The number of aromatic hydroxyl groups is 1. The Kier molecular flexibility index (Phi) is 12.7. The van der Waals surface area contributed by atoms with Gasteiger partial charge < -0.3 is 31.9 Å². The fourth-order valence-corrected chi connectivity index (χ4v) is 7.08. The monoisotopic (exact) mass is 838 g/mol. The molecular weight excluding hydrogens is 806 g/mol. The van der Waals surface area contributed by atoms with Crippen molar-refractivity contribution in [2.45, 2.75) is 12.8 Å². The number of halogens is 3. The minimum Gasteiger partial charge on any atom is -1.00 e. The van der Waals surface area contributed by atoms with Crippen molar-refractivity contribution >= 4 is 68.4 Å². The van der Waals surface area contributed by atoms with Crippen LogP contribution in [-0.4, -0.2) is 49.9 Å². The first-order chi connectivity index (χ1) is 27.7. The second-order valence-electron chi connectivity index (χ2n) is 13.2. The van der Waals surface area contributed by atoms with Crippen molar-refractivity contribution in [1.82, 2.24) is 30.6 Å². The van der Waals surface area contributed by atoms with E-state index in [4.69, 9.17) is 49.6 Å². The summed E-state index contributed by atoms with van der Waals surface area (Å²) in [4.78, 5) is 39.9. The summed E-state index contributed by atoms with van der Waals surface area (Å²) in [6.45, 7) is 1.32. The van der Waals surface area contributed by atoms with Crippen LogP contribution in [0.3, 0.4) is 0 Å². The molecule has 0 saturated carbocycles. The molecule has 10 rings (SSSR count). The summed E-state index contributed by atoms with van der Waals surface area (Å²) in [6, 6.07) is 36.8. The number of rotatable bonds is 4. The largest absolute Gasteiger partial charge is 1.00 e. The molecule has 0 unspecified atom stereocenters. The maximum Gasteiger partial charge on any atom is 1.00 e. The molecule has 4 aromatic heterocycles. The van der Waals surface area contributed by atoms with E-state index in [0.29, 0.717) is 45.5 Å². The standard InChI is InChI=1S/C22H16ClN3O2.C16H12ClN3O.C6H5ClO.Na.H/c23-14-5-7-15(8-6-14)28-20-9-4-13-2-1-3-16(21(13)26-20)19-12-17-18(25-19)10-11-24-22(17)27;17-14-5-4-9-2-1-3-10(15(9)20-14)13-8-11-12(19-13)6-7-18-16(11)21;7-5-1-3-6(8)4-2-5;;/h1-9,12,25H,10-11H2,(H,24,27);1-5,8,19H,6-7H2,(H,18,21);1-4,8H;;/q;;;+1;-1. The van der Waals surface area contributed by atoms with Gasteiger partial charge >= 0.3 is 29.6 Å². The Morgan fingerprint density at radius 2 is 1.09 bits per heavy atom. The van der Waals surface area contributed by atoms with E-state index in [1.54, 1.807) is 54.6 Å². The number of phenols is 1. The third kappa shape index (κ3) is 9.18. The molecule has 0 fully saturated rings. The Labute approximate surface area is 371 Å². The molecule has 14 heteroatoms. The fourth-order valence-electron chi connectivity index (χ4n) is 6.69. The summed E-state index contributed by atoms with van der Waals surface area (Å²) < 4.78 is 5.89. The van der Waals surface area contributed by atoms with Crippen LogP contribution in [-0.2, 0) is 12.8 Å². The first kappa shape index (κ1) is 40.9. The zero-order valence-corrected chi connectivity index (χ0v) is 35.3. The van der Waals surface area contributed by atoms with E-state index in [1.165, 1.54) is 0 Å². The summed E-state index contributed by atoms with van der Waals surface area (Å²) in [5, 5.41) is 18.2. The molecule has 0 spiro atoms. The smallest absolute Gasteiger partial charge is 1.00 e. The molecule has 2 aliphatic rings. The molecule has 0 aliphatic carbocycles. The van der Waals surface area contributed by atoms with E-state index in [0.717, 1.165) is 74.1 Å². The van der Waals surface area contributed by atoms with Gasteiger partial charge in [-0.15, -0.1) is 0 Å². The Bertz CT molecular complexity index is 2760. The first-order valence-electron chi connectivity index (χ1n) is 18.0. The van der Waals surface area contributed by atoms with Gasteiger partial charge in [0.1, 0.15) is 16.7 Å². The normalized spacial score (nSPS) is 12.7. The molecule has 5 N–H and O–H groups in total. The van der Waals surface area contributed by atoms with Crippen molar-refractivity contribution < 1.29 is 50.4 Å². The topological polar surface area (TPSA) is 145 Å². The number of carbonyl (C=O) groups excluding carboxylic acids is 2. The number of amides is 2. The van der Waals surface area contributed by atoms with Crippen LogP contribution in [0.25, 0.3) is 44.3 Å². The van der Waals surface area contributed by atoms with Crippen LogP contribution in [0.15, 0.2) is 121 Å². The van der Waals surface area contributed by atoms with Gasteiger partial charge in [-0.05, 0) is 78.9 Å². The van der Waals surface area contributed by atoms with Crippen LogP contribution in [0, 0.1) is 0 Å². The summed E-state index contributed by atoms with van der Waals surface area (Å²) in [6.07, 6.45) is 1.62. The maximum atomic E-state index is 12.1. The maximum absolute atomic E-state index is 12.1. The number of hydrogen-bond donors (Lipinski definition) is 5. The SMILES string of the molecule is O=C1NCCc2[nH]c(-c3cccc4ccc(Cl)nc34)cc21.O=C1NCCc2[nH]c(-c3cccc4ccc(Oc5ccc(Cl)cc5)nc34)cc21.Oc1ccc(Cl)cc1.[H-].[Na+]. The van der Waals surface area contributed by atoms with Gasteiger partial charge in [-0.25, -0.2) is 9.97 Å². The number of fused-ring (bicyclic) bond motifs is 4. The number of nitrogens with zero attached hydrogens (tertiary/aromatic N) is 2. The van der Waals surface area contributed by atoms with Crippen LogP contribution in [0.1, 0.15) is 33.5 Å². The first-order valence-corrected chi connectivity index (χ1v) is 19.2. The summed E-state index contributed by atoms with van der Waals surface area (Å²) in [7, 11) is 0. The van der Waals surface area contributed by atoms with Crippen LogP contribution in [0.5, 0.6) is 17.4 Å². The Morgan fingerprint density at radius 1 is 0.586 bits per heavy atom. The number of phenolic OH excluding ortho intramolecular Hbond substituents is 1. The minimum atomic E-state index is -0.0382. The molecule has 10 nitrogen and oxygen atoms in total. The van der Waals surface area contributed by atoms with Crippen LogP contribution >= 0.6 is 34.8 Å². The molecule has 58 heavy (non-hydrogen) atoms. The third-order valence-corrected chi connectivity index (χ3v) is 10.1. The molecular formula is C44H34Cl3N6NaO4. The zero-order valence-electron chi connectivity index (χ0n) is 32.1. The second kappa shape index (κ2) is 18.1. The number of aromatic nitrogens is 4. The molecule has 2 aliphatic heterocycles. The van der Waals surface area contributed by atoms with Gasteiger partial charge in [0.25, 0.3) is 11.8 Å². The quantitative estimate of drug-likeness (QED) is 0.0931. The summed E-state index contributed by atoms with van der Waals surface area (Å²) in [5.74, 6) is 1.35. The van der Waals surface area contributed by atoms with Gasteiger partial charge in [0, 0.05) is 86.7 Å². The Hall–Kier alpha value is -5.33. The second-order valence-corrected chi connectivity index (χ2v) is 14.5. The number of ether oxygens (including phenoxy) is 1. The molecule has 2 amide bonds. The van der Waals surface area contributed by atoms with E-state index < -0.39 is 0 Å². The Morgan fingerprint density at radius 3 is 1.60 bits per heavy atom. The number of aromatic amines is 2. The van der Waals surface area contributed by atoms with E-state index in [9.17, 15) is 9.59 Å². The predicted molar refractivity (Wildman–Crippen MR) is 226 cm³/mol. The molecule has 4 aromatic carbocycles. The number of benzene rings is 4. The number of pyridine rings is 2. The van der Waals surface area contributed by atoms with Crippen molar-refractivity contribution in [3.05, 3.63) is 159 Å². The molecule has 0 bridgehead atoms.